The van der Waals surface area contributed by atoms with Gasteiger partial charge in [0.05, 0.1) is 22.6 Å². The summed E-state index contributed by atoms with van der Waals surface area (Å²) in [7, 11) is 0. The largest absolute Gasteiger partial charge is 0.508 e. The van der Waals surface area contributed by atoms with Gasteiger partial charge in [-0.2, -0.15) is 0 Å². The number of carbonyl (C=O) groups excluding carboxylic acids is 2. The number of hydrogen-bond donors (Lipinski definition) is 2. The Bertz CT molecular complexity index is 1070. The maximum absolute atomic E-state index is 12.9. The number of ketones is 1. The first-order valence-electron chi connectivity index (χ1n) is 9.80. The Hall–Kier alpha value is -3.72. The van der Waals surface area contributed by atoms with E-state index in [0.717, 1.165) is 12.8 Å². The van der Waals surface area contributed by atoms with E-state index in [9.17, 15) is 29.9 Å². The Morgan fingerprint density at radius 1 is 1.19 bits per heavy atom. The van der Waals surface area contributed by atoms with Crippen LogP contribution in [0.15, 0.2) is 54.1 Å². The molecule has 160 valence electrons. The summed E-state index contributed by atoms with van der Waals surface area (Å²) in [4.78, 5) is 37.5. The van der Waals surface area contributed by atoms with E-state index in [4.69, 9.17) is 4.74 Å². The van der Waals surface area contributed by atoms with Crippen molar-refractivity contribution in [2.45, 2.75) is 25.0 Å². The lowest BCUT2D eigenvalue weighted by molar-refractivity contribution is -0.384. The number of amides is 1. The van der Waals surface area contributed by atoms with Crippen LogP contribution in [0.25, 0.3) is 5.76 Å². The number of hydrogen-bond acceptors (Lipinski definition) is 7. The Labute approximate surface area is 177 Å². The third-order valence-electron chi connectivity index (χ3n) is 5.50. The molecule has 4 rings (SSSR count). The van der Waals surface area contributed by atoms with Crippen LogP contribution in [0.3, 0.4) is 0 Å². The highest BCUT2D eigenvalue weighted by Crippen LogP contribution is 2.40. The molecule has 0 bridgehead atoms. The summed E-state index contributed by atoms with van der Waals surface area (Å²) in [6.07, 6.45) is 1.38. The van der Waals surface area contributed by atoms with Crippen LogP contribution >= 0.6 is 0 Å². The zero-order valence-corrected chi connectivity index (χ0v) is 16.4. The quantitative estimate of drug-likeness (QED) is 0.248. The van der Waals surface area contributed by atoms with Gasteiger partial charge < -0.3 is 19.8 Å². The van der Waals surface area contributed by atoms with Crippen LogP contribution in [0.1, 0.15) is 30.0 Å². The van der Waals surface area contributed by atoms with Gasteiger partial charge in [0, 0.05) is 30.8 Å². The van der Waals surface area contributed by atoms with Gasteiger partial charge >= 0.3 is 0 Å². The predicted octanol–water partition coefficient (Wildman–Crippen LogP) is 2.90. The van der Waals surface area contributed by atoms with Gasteiger partial charge in [0.2, 0.25) is 0 Å². The van der Waals surface area contributed by atoms with E-state index in [1.807, 2.05) is 0 Å². The number of ether oxygens (including phenoxy) is 1. The average Bonchev–Trinajstić information content (AvgIpc) is 3.36. The van der Waals surface area contributed by atoms with E-state index in [2.05, 4.69) is 0 Å². The second-order valence-electron chi connectivity index (χ2n) is 7.49. The molecule has 9 heteroatoms. The summed E-state index contributed by atoms with van der Waals surface area (Å²) in [5, 5.41) is 31.8. The Balaban J connectivity index is 1.81. The molecule has 2 N–H and O–H groups in total. The van der Waals surface area contributed by atoms with Crippen LogP contribution in [0.2, 0.25) is 0 Å². The zero-order valence-electron chi connectivity index (χ0n) is 16.4. The maximum Gasteiger partial charge on any atom is 0.295 e. The first-order valence-corrected chi connectivity index (χ1v) is 9.80. The number of non-ortho nitro benzene ring substituents is 1. The molecule has 0 radical (unpaired) electrons. The number of phenols is 1. The molecule has 9 nitrogen and oxygen atoms in total. The van der Waals surface area contributed by atoms with Gasteiger partial charge in [0.15, 0.2) is 0 Å². The standard InChI is InChI=1S/C22H20N2O7/c25-16-4-1-3-14(11-16)19-18(20(26)13-6-8-15(9-7-13)24(29)30)21(27)22(28)23(19)12-17-5-2-10-31-17/h1,3-4,6-9,11,17,19,25-26H,2,5,10,12H2/b20-18-. The first kappa shape index (κ1) is 20.5. The molecule has 31 heavy (non-hydrogen) atoms. The van der Waals surface area contributed by atoms with Crippen molar-refractivity contribution in [3.8, 4) is 5.75 Å². The summed E-state index contributed by atoms with van der Waals surface area (Å²) in [5.74, 6) is -2.11. The number of likely N-dealkylation sites (tertiary alicyclic amines) is 1. The fourth-order valence-corrected chi connectivity index (χ4v) is 4.01. The SMILES string of the molecule is O=C1C(=O)N(CC2CCCO2)C(c2cccc(O)c2)/C1=C(/O)c1ccc([N+](=O)[O-])cc1. The number of rotatable bonds is 5. The maximum atomic E-state index is 12.9. The molecule has 2 aliphatic rings. The van der Waals surface area contributed by atoms with Crippen LogP contribution in [-0.4, -0.2) is 51.0 Å². The van der Waals surface area contributed by atoms with E-state index < -0.39 is 28.4 Å². The van der Waals surface area contributed by atoms with Crippen LogP contribution in [-0.2, 0) is 14.3 Å². The molecular weight excluding hydrogens is 404 g/mol. The Kier molecular flexibility index (Phi) is 5.43. The molecule has 0 spiro atoms. The molecule has 0 aliphatic carbocycles. The molecule has 2 aromatic rings. The van der Waals surface area contributed by atoms with Crippen LogP contribution in [0.5, 0.6) is 5.75 Å². The highest BCUT2D eigenvalue weighted by atomic mass is 16.6. The first-order chi connectivity index (χ1) is 14.9. The molecule has 2 aliphatic heterocycles. The molecular formula is C22H20N2O7. The highest BCUT2D eigenvalue weighted by molar-refractivity contribution is 6.46. The molecule has 2 atom stereocenters. The van der Waals surface area contributed by atoms with E-state index in [0.29, 0.717) is 12.2 Å². The van der Waals surface area contributed by atoms with E-state index in [-0.39, 0.29) is 35.2 Å². The summed E-state index contributed by atoms with van der Waals surface area (Å²) >= 11 is 0. The van der Waals surface area contributed by atoms with Gasteiger partial charge in [-0.05, 0) is 42.7 Å². The minimum Gasteiger partial charge on any atom is -0.508 e. The van der Waals surface area contributed by atoms with E-state index >= 15 is 0 Å². The fourth-order valence-electron chi connectivity index (χ4n) is 4.01. The van der Waals surface area contributed by atoms with Gasteiger partial charge in [0.25, 0.3) is 17.4 Å². The van der Waals surface area contributed by atoms with E-state index in [1.165, 1.54) is 41.3 Å². The van der Waals surface area contributed by atoms with Gasteiger partial charge in [0.1, 0.15) is 11.5 Å². The van der Waals surface area contributed by atoms with Gasteiger partial charge in [-0.1, -0.05) is 12.1 Å². The van der Waals surface area contributed by atoms with Crippen molar-refractivity contribution >= 4 is 23.1 Å². The molecule has 2 saturated heterocycles. The van der Waals surface area contributed by atoms with Gasteiger partial charge in [-0.3, -0.25) is 19.7 Å². The highest BCUT2D eigenvalue weighted by Gasteiger charge is 2.47. The smallest absolute Gasteiger partial charge is 0.295 e. The topological polar surface area (TPSA) is 130 Å². The normalized spacial score (nSPS) is 22.8. The summed E-state index contributed by atoms with van der Waals surface area (Å²) in [6.45, 7) is 0.746. The molecule has 1 amide bonds. The van der Waals surface area contributed by atoms with Gasteiger partial charge in [-0.25, -0.2) is 0 Å². The lowest BCUT2D eigenvalue weighted by Crippen LogP contribution is -2.36. The van der Waals surface area contributed by atoms with Crippen LogP contribution in [0, 0.1) is 10.1 Å². The fraction of sp³-hybridized carbons (Fsp3) is 0.273. The second-order valence-corrected chi connectivity index (χ2v) is 7.49. The second kappa shape index (κ2) is 8.19. The number of benzene rings is 2. The minimum absolute atomic E-state index is 0.0458. The van der Waals surface area contributed by atoms with Crippen molar-refractivity contribution < 1.29 is 29.5 Å². The van der Waals surface area contributed by atoms with Gasteiger partial charge in [-0.15, -0.1) is 0 Å². The summed E-state index contributed by atoms with van der Waals surface area (Å²) < 4.78 is 5.63. The number of nitro benzene ring substituents is 1. The molecule has 2 heterocycles. The average molecular weight is 424 g/mol. The Morgan fingerprint density at radius 2 is 1.94 bits per heavy atom. The number of nitrogens with zero attached hydrogens (tertiary/aromatic N) is 2. The number of phenolic OH excluding ortho intramolecular Hbond substituents is 1. The Morgan fingerprint density at radius 3 is 2.55 bits per heavy atom. The molecule has 2 aromatic carbocycles. The molecule has 0 saturated carbocycles. The third-order valence-corrected chi connectivity index (χ3v) is 5.50. The number of aliphatic hydroxyl groups is 1. The number of aromatic hydroxyl groups is 1. The molecule has 0 aromatic heterocycles. The predicted molar refractivity (Wildman–Crippen MR) is 109 cm³/mol. The minimum atomic E-state index is -0.925. The number of carbonyl (C=O) groups is 2. The van der Waals surface area contributed by atoms with Crippen LogP contribution < -0.4 is 0 Å². The van der Waals surface area contributed by atoms with Crippen molar-refractivity contribution in [1.82, 2.24) is 4.90 Å². The lowest BCUT2D eigenvalue weighted by atomic mass is 9.95. The number of aliphatic hydroxyl groups excluding tert-OH is 1. The summed E-state index contributed by atoms with van der Waals surface area (Å²) in [5.41, 5.74) is 0.328. The van der Waals surface area contributed by atoms with Crippen molar-refractivity contribution in [2.75, 3.05) is 13.2 Å². The third kappa shape index (κ3) is 3.87. The lowest BCUT2D eigenvalue weighted by Gasteiger charge is -2.27. The monoisotopic (exact) mass is 424 g/mol. The van der Waals surface area contributed by atoms with Crippen molar-refractivity contribution in [1.29, 1.82) is 0 Å². The van der Waals surface area contributed by atoms with Crippen LogP contribution in [0.4, 0.5) is 5.69 Å². The van der Waals surface area contributed by atoms with Crippen molar-refractivity contribution in [3.63, 3.8) is 0 Å². The summed E-state index contributed by atoms with van der Waals surface area (Å²) in [6, 6.07) is 10.3. The molecule has 2 fully saturated rings. The molecule has 2 unspecified atom stereocenters. The number of nitro groups is 1. The van der Waals surface area contributed by atoms with Crippen molar-refractivity contribution in [2.24, 2.45) is 0 Å². The van der Waals surface area contributed by atoms with E-state index in [1.54, 1.807) is 12.1 Å². The number of Topliss-reactive ketones (excluding diaryl/α,β-unsaturated/α-hetero) is 1. The van der Waals surface area contributed by atoms with Crippen molar-refractivity contribution in [3.05, 3.63) is 75.3 Å². The zero-order chi connectivity index (χ0) is 22.1.